The molecule has 0 saturated carbocycles. The highest BCUT2D eigenvalue weighted by atomic mass is 16.5. The van der Waals surface area contributed by atoms with Crippen LogP contribution in [-0.4, -0.2) is 26.4 Å². The molecule has 0 amide bonds. The Labute approximate surface area is 107 Å². The monoisotopic (exact) mass is 247 g/mol. The maximum atomic E-state index is 8.79. The number of para-hydroxylation sites is 1. The normalized spacial score (nSPS) is 16.0. The summed E-state index contributed by atoms with van der Waals surface area (Å²) in [6.45, 7) is 1.48. The standard InChI is InChI=1S/C14H17NO3/c1-16-14-11(5-8-15)3-2-4-13(14)18-12-6-9-17-10-7-12/h2-4,12H,5-7,9-10H2,1H3. The van der Waals surface area contributed by atoms with Crippen molar-refractivity contribution in [3.05, 3.63) is 23.8 Å². The molecule has 1 aromatic rings. The van der Waals surface area contributed by atoms with E-state index >= 15 is 0 Å². The summed E-state index contributed by atoms with van der Waals surface area (Å²) in [6.07, 6.45) is 2.29. The first-order chi connectivity index (χ1) is 8.85. The lowest BCUT2D eigenvalue weighted by atomic mass is 10.1. The molecule has 1 aromatic carbocycles. The largest absolute Gasteiger partial charge is 0.493 e. The van der Waals surface area contributed by atoms with E-state index in [1.165, 1.54) is 0 Å². The van der Waals surface area contributed by atoms with Crippen molar-refractivity contribution in [1.82, 2.24) is 0 Å². The molecular weight excluding hydrogens is 230 g/mol. The van der Waals surface area contributed by atoms with Crippen LogP contribution in [-0.2, 0) is 11.2 Å². The van der Waals surface area contributed by atoms with Crippen molar-refractivity contribution in [3.63, 3.8) is 0 Å². The van der Waals surface area contributed by atoms with Crippen LogP contribution in [0.5, 0.6) is 11.5 Å². The Morgan fingerprint density at radius 3 is 2.83 bits per heavy atom. The minimum Gasteiger partial charge on any atom is -0.493 e. The fraction of sp³-hybridized carbons (Fsp3) is 0.500. The van der Waals surface area contributed by atoms with Crippen LogP contribution in [0.3, 0.4) is 0 Å². The summed E-state index contributed by atoms with van der Waals surface area (Å²) in [5.74, 6) is 1.39. The molecule has 0 N–H and O–H groups in total. The second kappa shape index (κ2) is 6.27. The molecular formula is C14H17NO3. The molecule has 0 bridgehead atoms. The summed E-state index contributed by atoms with van der Waals surface area (Å²) < 4.78 is 16.6. The molecule has 4 nitrogen and oxygen atoms in total. The van der Waals surface area contributed by atoms with E-state index in [-0.39, 0.29) is 6.10 Å². The van der Waals surface area contributed by atoms with Gasteiger partial charge in [0.2, 0.25) is 0 Å². The Hall–Kier alpha value is -1.73. The predicted molar refractivity (Wildman–Crippen MR) is 66.8 cm³/mol. The molecule has 1 aliphatic heterocycles. The van der Waals surface area contributed by atoms with Crippen LogP contribution in [0, 0.1) is 11.3 Å². The predicted octanol–water partition coefficient (Wildman–Crippen LogP) is 2.32. The zero-order valence-corrected chi connectivity index (χ0v) is 10.5. The summed E-state index contributed by atoms with van der Waals surface area (Å²) in [6, 6.07) is 7.80. The van der Waals surface area contributed by atoms with Crippen molar-refractivity contribution in [2.45, 2.75) is 25.4 Å². The van der Waals surface area contributed by atoms with Gasteiger partial charge < -0.3 is 14.2 Å². The summed E-state index contributed by atoms with van der Waals surface area (Å²) >= 11 is 0. The van der Waals surface area contributed by atoms with Crippen LogP contribution in [0.1, 0.15) is 18.4 Å². The molecule has 4 heteroatoms. The average molecular weight is 247 g/mol. The van der Waals surface area contributed by atoms with Gasteiger partial charge in [0.05, 0.1) is 32.8 Å². The van der Waals surface area contributed by atoms with Crippen LogP contribution in [0.25, 0.3) is 0 Å². The third-order valence-electron chi connectivity index (χ3n) is 3.00. The van der Waals surface area contributed by atoms with Crippen molar-refractivity contribution in [2.24, 2.45) is 0 Å². The van der Waals surface area contributed by atoms with Crippen LogP contribution < -0.4 is 9.47 Å². The van der Waals surface area contributed by atoms with Gasteiger partial charge >= 0.3 is 0 Å². The lowest BCUT2D eigenvalue weighted by molar-refractivity contribution is 0.0245. The number of ether oxygens (including phenoxy) is 3. The molecule has 96 valence electrons. The molecule has 1 aliphatic rings. The van der Waals surface area contributed by atoms with E-state index in [4.69, 9.17) is 19.5 Å². The highest BCUT2D eigenvalue weighted by Gasteiger charge is 2.18. The highest BCUT2D eigenvalue weighted by Crippen LogP contribution is 2.33. The zero-order chi connectivity index (χ0) is 12.8. The van der Waals surface area contributed by atoms with Crippen molar-refractivity contribution in [3.8, 4) is 17.6 Å². The van der Waals surface area contributed by atoms with Gasteiger partial charge in [-0.15, -0.1) is 0 Å². The second-order valence-electron chi connectivity index (χ2n) is 4.21. The Morgan fingerprint density at radius 1 is 1.39 bits per heavy atom. The topological polar surface area (TPSA) is 51.5 Å². The van der Waals surface area contributed by atoms with Crippen LogP contribution >= 0.6 is 0 Å². The average Bonchev–Trinajstić information content (AvgIpc) is 2.41. The Bertz CT molecular complexity index is 433. The molecule has 0 aliphatic carbocycles. The Kier molecular flexibility index (Phi) is 4.43. The minimum atomic E-state index is 0.171. The van der Waals surface area contributed by atoms with E-state index < -0.39 is 0 Å². The number of methoxy groups -OCH3 is 1. The van der Waals surface area contributed by atoms with E-state index in [1.807, 2.05) is 18.2 Å². The Balaban J connectivity index is 2.15. The van der Waals surface area contributed by atoms with Crippen LogP contribution in [0.2, 0.25) is 0 Å². The maximum Gasteiger partial charge on any atom is 0.164 e. The molecule has 0 atom stereocenters. The van der Waals surface area contributed by atoms with Crippen molar-refractivity contribution < 1.29 is 14.2 Å². The van der Waals surface area contributed by atoms with E-state index in [1.54, 1.807) is 7.11 Å². The van der Waals surface area contributed by atoms with Crippen LogP contribution in [0.15, 0.2) is 18.2 Å². The van der Waals surface area contributed by atoms with Gasteiger partial charge in [-0.2, -0.15) is 5.26 Å². The summed E-state index contributed by atoms with van der Waals surface area (Å²) in [7, 11) is 1.60. The number of rotatable bonds is 4. The first-order valence-electron chi connectivity index (χ1n) is 6.12. The lowest BCUT2D eigenvalue weighted by Gasteiger charge is -2.24. The fourth-order valence-corrected chi connectivity index (χ4v) is 2.08. The number of benzene rings is 1. The highest BCUT2D eigenvalue weighted by molar-refractivity contribution is 5.47. The molecule has 1 fully saturated rings. The van der Waals surface area contributed by atoms with E-state index in [0.29, 0.717) is 12.2 Å². The fourth-order valence-electron chi connectivity index (χ4n) is 2.08. The number of hydrogen-bond donors (Lipinski definition) is 0. The van der Waals surface area contributed by atoms with Gasteiger partial charge in [0.1, 0.15) is 6.10 Å². The summed E-state index contributed by atoms with van der Waals surface area (Å²) in [5, 5.41) is 8.79. The molecule has 0 radical (unpaired) electrons. The summed E-state index contributed by atoms with van der Waals surface area (Å²) in [4.78, 5) is 0. The molecule has 0 spiro atoms. The van der Waals surface area contributed by atoms with Crippen molar-refractivity contribution >= 4 is 0 Å². The van der Waals surface area contributed by atoms with Gasteiger partial charge in [-0.1, -0.05) is 12.1 Å². The van der Waals surface area contributed by atoms with Gasteiger partial charge in [-0.3, -0.25) is 0 Å². The van der Waals surface area contributed by atoms with Gasteiger partial charge in [-0.25, -0.2) is 0 Å². The van der Waals surface area contributed by atoms with Gasteiger partial charge in [0.15, 0.2) is 11.5 Å². The smallest absolute Gasteiger partial charge is 0.164 e. The zero-order valence-electron chi connectivity index (χ0n) is 10.5. The van der Waals surface area contributed by atoms with Crippen molar-refractivity contribution in [1.29, 1.82) is 5.26 Å². The SMILES string of the molecule is COc1c(CC#N)cccc1OC1CCOCC1. The first kappa shape index (κ1) is 12.7. The molecule has 0 aromatic heterocycles. The third kappa shape index (κ3) is 2.93. The van der Waals surface area contributed by atoms with Crippen molar-refractivity contribution in [2.75, 3.05) is 20.3 Å². The minimum absolute atomic E-state index is 0.171. The molecule has 1 saturated heterocycles. The van der Waals surface area contributed by atoms with Gasteiger partial charge in [-0.05, 0) is 6.07 Å². The van der Waals surface area contributed by atoms with Gasteiger partial charge in [0, 0.05) is 18.4 Å². The lowest BCUT2D eigenvalue weighted by Crippen LogP contribution is -2.26. The molecule has 2 rings (SSSR count). The quantitative estimate of drug-likeness (QED) is 0.819. The number of hydrogen-bond acceptors (Lipinski definition) is 4. The third-order valence-corrected chi connectivity index (χ3v) is 3.00. The number of nitriles is 1. The maximum absolute atomic E-state index is 8.79. The Morgan fingerprint density at radius 2 is 2.17 bits per heavy atom. The van der Waals surface area contributed by atoms with Crippen LogP contribution in [0.4, 0.5) is 0 Å². The molecule has 18 heavy (non-hydrogen) atoms. The van der Waals surface area contributed by atoms with E-state index in [0.717, 1.165) is 37.4 Å². The number of nitrogens with zero attached hydrogens (tertiary/aromatic N) is 1. The molecule has 1 heterocycles. The second-order valence-corrected chi connectivity index (χ2v) is 4.21. The molecule has 0 unspecified atom stereocenters. The van der Waals surface area contributed by atoms with E-state index in [2.05, 4.69) is 6.07 Å². The van der Waals surface area contributed by atoms with Gasteiger partial charge in [0.25, 0.3) is 0 Å². The van der Waals surface area contributed by atoms with E-state index in [9.17, 15) is 0 Å². The first-order valence-corrected chi connectivity index (χ1v) is 6.12. The summed E-state index contributed by atoms with van der Waals surface area (Å²) in [5.41, 5.74) is 0.865.